The summed E-state index contributed by atoms with van der Waals surface area (Å²) in [5.74, 6) is -1.47. The summed E-state index contributed by atoms with van der Waals surface area (Å²) in [6, 6.07) is 12.8. The maximum Gasteiger partial charge on any atom is 0.330 e. The highest BCUT2D eigenvalue weighted by Crippen LogP contribution is 2.27. The first kappa shape index (κ1) is 20.6. The minimum atomic E-state index is -0.546. The molecule has 5 nitrogen and oxygen atoms in total. The number of piperidine rings is 1. The van der Waals surface area contributed by atoms with E-state index >= 15 is 0 Å². The summed E-state index contributed by atoms with van der Waals surface area (Å²) in [4.78, 5) is 26.3. The SMILES string of the molecule is COC(=O)/C=C/c1cccc(F)c1NC(=O)C1CCN(c2cccc(C)c2)CC1. The second-order valence-corrected chi connectivity index (χ2v) is 7.15. The molecule has 0 aliphatic carbocycles. The van der Waals surface area contributed by atoms with Gasteiger partial charge in [0.2, 0.25) is 5.91 Å². The van der Waals surface area contributed by atoms with Crippen LogP contribution >= 0.6 is 0 Å². The maximum absolute atomic E-state index is 14.3. The van der Waals surface area contributed by atoms with Crippen molar-refractivity contribution in [2.24, 2.45) is 5.92 Å². The Morgan fingerprint density at radius 3 is 2.59 bits per heavy atom. The Kier molecular flexibility index (Phi) is 6.65. The molecular formula is C23H25FN2O3. The quantitative estimate of drug-likeness (QED) is 0.609. The highest BCUT2D eigenvalue weighted by atomic mass is 19.1. The Bertz CT molecular complexity index is 918. The Labute approximate surface area is 170 Å². The van der Waals surface area contributed by atoms with Crippen molar-refractivity contribution in [2.75, 3.05) is 30.4 Å². The van der Waals surface area contributed by atoms with Crippen LogP contribution in [0.15, 0.2) is 48.5 Å². The van der Waals surface area contributed by atoms with Crippen molar-refractivity contribution in [1.82, 2.24) is 0 Å². The zero-order valence-electron chi connectivity index (χ0n) is 16.7. The van der Waals surface area contributed by atoms with Crippen molar-refractivity contribution in [2.45, 2.75) is 19.8 Å². The number of hydrogen-bond donors (Lipinski definition) is 1. The number of carbonyl (C=O) groups excluding carboxylic acids is 2. The fourth-order valence-electron chi connectivity index (χ4n) is 3.49. The number of carbonyl (C=O) groups is 2. The third-order valence-corrected chi connectivity index (χ3v) is 5.13. The Hall–Kier alpha value is -3.15. The van der Waals surface area contributed by atoms with Gasteiger partial charge in [-0.15, -0.1) is 0 Å². The molecule has 1 heterocycles. The highest BCUT2D eigenvalue weighted by molar-refractivity contribution is 5.96. The molecule has 3 rings (SSSR count). The third kappa shape index (κ3) is 5.22. The minimum absolute atomic E-state index is 0.0822. The molecule has 1 saturated heterocycles. The molecule has 1 amide bonds. The van der Waals surface area contributed by atoms with Crippen LogP contribution in [0.4, 0.5) is 15.8 Å². The molecule has 2 aromatic rings. The Morgan fingerprint density at radius 1 is 1.17 bits per heavy atom. The monoisotopic (exact) mass is 396 g/mol. The van der Waals surface area contributed by atoms with Gasteiger partial charge in [0.05, 0.1) is 12.8 Å². The van der Waals surface area contributed by atoms with Gasteiger partial charge < -0.3 is 15.0 Å². The summed E-state index contributed by atoms with van der Waals surface area (Å²) >= 11 is 0. The molecule has 0 aromatic heterocycles. The number of nitrogens with one attached hydrogen (secondary N) is 1. The van der Waals surface area contributed by atoms with Gasteiger partial charge in [-0.05, 0) is 49.6 Å². The van der Waals surface area contributed by atoms with Gasteiger partial charge >= 0.3 is 5.97 Å². The molecule has 0 bridgehead atoms. The van der Waals surface area contributed by atoms with Crippen molar-refractivity contribution in [3.05, 3.63) is 65.5 Å². The van der Waals surface area contributed by atoms with Gasteiger partial charge in [-0.1, -0.05) is 24.3 Å². The van der Waals surface area contributed by atoms with Crippen molar-refractivity contribution in [3.63, 3.8) is 0 Å². The number of esters is 1. The third-order valence-electron chi connectivity index (χ3n) is 5.13. The van der Waals surface area contributed by atoms with Crippen molar-refractivity contribution in [1.29, 1.82) is 0 Å². The van der Waals surface area contributed by atoms with Crippen LogP contribution in [0.1, 0.15) is 24.0 Å². The lowest BCUT2D eigenvalue weighted by Crippen LogP contribution is -2.38. The average molecular weight is 396 g/mol. The number of para-hydroxylation sites is 1. The van der Waals surface area contributed by atoms with Crippen LogP contribution in [-0.2, 0) is 14.3 Å². The van der Waals surface area contributed by atoms with Crippen LogP contribution in [0.5, 0.6) is 0 Å². The number of hydrogen-bond acceptors (Lipinski definition) is 4. The molecule has 29 heavy (non-hydrogen) atoms. The number of methoxy groups -OCH3 is 1. The summed E-state index contributed by atoms with van der Waals surface area (Å²) in [6.07, 6.45) is 4.03. The lowest BCUT2D eigenvalue weighted by atomic mass is 9.95. The maximum atomic E-state index is 14.3. The molecular weight excluding hydrogens is 371 g/mol. The first-order valence-corrected chi connectivity index (χ1v) is 9.65. The molecule has 1 N–H and O–H groups in total. The molecule has 1 fully saturated rings. The molecule has 0 saturated carbocycles. The molecule has 1 aliphatic heterocycles. The number of amides is 1. The van der Waals surface area contributed by atoms with E-state index in [1.54, 1.807) is 6.07 Å². The smallest absolute Gasteiger partial charge is 0.330 e. The van der Waals surface area contributed by atoms with Crippen molar-refractivity contribution < 1.29 is 18.7 Å². The average Bonchev–Trinajstić information content (AvgIpc) is 2.74. The van der Waals surface area contributed by atoms with Crippen LogP contribution in [0.3, 0.4) is 0 Å². The summed E-state index contributed by atoms with van der Waals surface area (Å²) in [5, 5.41) is 2.72. The lowest BCUT2D eigenvalue weighted by molar-refractivity contribution is -0.134. The molecule has 0 spiro atoms. The highest BCUT2D eigenvalue weighted by Gasteiger charge is 2.26. The zero-order chi connectivity index (χ0) is 20.8. The first-order chi connectivity index (χ1) is 14.0. The number of anilines is 2. The van der Waals surface area contributed by atoms with Gasteiger partial charge in [-0.3, -0.25) is 4.79 Å². The van der Waals surface area contributed by atoms with Crippen LogP contribution < -0.4 is 10.2 Å². The predicted octanol–water partition coefficient (Wildman–Crippen LogP) is 4.18. The lowest BCUT2D eigenvalue weighted by Gasteiger charge is -2.33. The summed E-state index contributed by atoms with van der Waals surface area (Å²) in [6.45, 7) is 3.60. The number of ether oxygens (including phenoxy) is 1. The van der Waals surface area contributed by atoms with Gasteiger partial charge in [-0.25, -0.2) is 9.18 Å². The summed E-state index contributed by atoms with van der Waals surface area (Å²) in [5.41, 5.74) is 2.86. The second-order valence-electron chi connectivity index (χ2n) is 7.15. The van der Waals surface area contributed by atoms with E-state index in [2.05, 4.69) is 40.1 Å². The minimum Gasteiger partial charge on any atom is -0.466 e. The molecule has 6 heteroatoms. The molecule has 0 radical (unpaired) electrons. The van der Waals surface area contributed by atoms with E-state index < -0.39 is 11.8 Å². The molecule has 0 unspecified atom stereocenters. The Morgan fingerprint density at radius 2 is 1.90 bits per heavy atom. The topological polar surface area (TPSA) is 58.6 Å². The van der Waals surface area contributed by atoms with Gasteiger partial charge in [0.1, 0.15) is 5.82 Å². The van der Waals surface area contributed by atoms with E-state index in [4.69, 9.17) is 0 Å². The fourth-order valence-corrected chi connectivity index (χ4v) is 3.49. The normalized spacial score (nSPS) is 14.8. The number of halogens is 1. The van der Waals surface area contributed by atoms with Crippen molar-refractivity contribution in [3.8, 4) is 0 Å². The molecule has 1 aliphatic rings. The number of rotatable bonds is 5. The van der Waals surface area contributed by atoms with E-state index in [0.29, 0.717) is 18.4 Å². The largest absolute Gasteiger partial charge is 0.466 e. The van der Waals surface area contributed by atoms with E-state index in [-0.39, 0.29) is 17.5 Å². The van der Waals surface area contributed by atoms with E-state index in [9.17, 15) is 14.0 Å². The number of nitrogens with zero attached hydrogens (tertiary/aromatic N) is 1. The van der Waals surface area contributed by atoms with E-state index in [0.717, 1.165) is 18.8 Å². The Balaban J connectivity index is 1.66. The van der Waals surface area contributed by atoms with Crippen LogP contribution in [0.25, 0.3) is 6.08 Å². The van der Waals surface area contributed by atoms with Crippen molar-refractivity contribution >= 4 is 29.3 Å². The summed E-state index contributed by atoms with van der Waals surface area (Å²) < 4.78 is 18.9. The molecule has 0 atom stereocenters. The van der Waals surface area contributed by atoms with Gasteiger partial charge in [0.25, 0.3) is 0 Å². The predicted molar refractivity (Wildman–Crippen MR) is 112 cm³/mol. The summed E-state index contributed by atoms with van der Waals surface area (Å²) in [7, 11) is 1.27. The van der Waals surface area contributed by atoms with Crippen LogP contribution in [0.2, 0.25) is 0 Å². The van der Waals surface area contributed by atoms with Gasteiger partial charge in [0.15, 0.2) is 0 Å². The first-order valence-electron chi connectivity index (χ1n) is 9.65. The van der Waals surface area contributed by atoms with E-state index in [1.165, 1.54) is 37.0 Å². The number of benzene rings is 2. The molecule has 152 valence electrons. The fraction of sp³-hybridized carbons (Fsp3) is 0.304. The van der Waals surface area contributed by atoms with E-state index in [1.807, 2.05) is 6.07 Å². The standard InChI is InChI=1S/C23H25FN2O3/c1-16-5-3-7-19(15-16)26-13-11-18(12-14-26)23(28)25-22-17(6-4-8-20(22)24)9-10-21(27)29-2/h3-10,15,18H,11-14H2,1-2H3,(H,25,28)/b10-9+. The van der Waals surface area contributed by atoms with Crippen LogP contribution in [-0.4, -0.2) is 32.1 Å². The van der Waals surface area contributed by atoms with Gasteiger partial charge in [-0.2, -0.15) is 0 Å². The molecule has 2 aromatic carbocycles. The zero-order valence-corrected chi connectivity index (χ0v) is 16.7. The van der Waals surface area contributed by atoms with Gasteiger partial charge in [0, 0.05) is 36.3 Å². The van der Waals surface area contributed by atoms with Crippen LogP contribution in [0, 0.1) is 18.7 Å². The second kappa shape index (κ2) is 9.37. The number of aryl methyl sites for hydroxylation is 1.